The quantitative estimate of drug-likeness (QED) is 0.110. The van der Waals surface area contributed by atoms with Crippen LogP contribution in [0.4, 0.5) is 4.39 Å². The van der Waals surface area contributed by atoms with Crippen molar-refractivity contribution >= 4 is 47.4 Å². The third kappa shape index (κ3) is 7.53. The van der Waals surface area contributed by atoms with Crippen LogP contribution in [-0.2, 0) is 16.0 Å². The van der Waals surface area contributed by atoms with Gasteiger partial charge in [0.25, 0.3) is 0 Å². The predicted molar refractivity (Wildman–Crippen MR) is 131 cm³/mol. The topological polar surface area (TPSA) is 143 Å². The molecule has 0 aliphatic rings. The third-order valence-corrected chi connectivity index (χ3v) is 6.57. The number of nitrogens with one attached hydrogen (secondary N) is 2. The molecule has 1 amide bonds. The van der Waals surface area contributed by atoms with Gasteiger partial charge in [0.2, 0.25) is 5.91 Å². The minimum Gasteiger partial charge on any atom is -0.481 e. The van der Waals surface area contributed by atoms with Crippen molar-refractivity contribution in [3.05, 3.63) is 51.5 Å². The second-order valence-electron chi connectivity index (χ2n) is 7.63. The molecular formula is C23H29ClFN3O5S. The summed E-state index contributed by atoms with van der Waals surface area (Å²) in [6, 6.07) is 6.97. The Bertz CT molecular complexity index is 1040. The number of hydrogen-bond acceptors (Lipinski definition) is 6. The Morgan fingerprint density at radius 2 is 1.88 bits per heavy atom. The molecule has 11 heteroatoms. The fraction of sp³-hybridized carbons (Fsp3) is 0.391. The third-order valence-electron chi connectivity index (χ3n) is 5.51. The van der Waals surface area contributed by atoms with E-state index in [1.54, 1.807) is 12.1 Å². The number of aliphatic carboxylic acids is 1. The number of halogens is 2. The van der Waals surface area contributed by atoms with Gasteiger partial charge < -0.3 is 20.9 Å². The lowest BCUT2D eigenvalue weighted by Gasteiger charge is -2.30. The lowest BCUT2D eigenvalue weighted by molar-refractivity contribution is -0.137. The molecule has 1 heterocycles. The highest BCUT2D eigenvalue weighted by atomic mass is 35.5. The second kappa shape index (κ2) is 13.0. The Hall–Kier alpha value is -2.98. The molecule has 0 fully saturated rings. The van der Waals surface area contributed by atoms with Crippen LogP contribution in [0.5, 0.6) is 5.75 Å². The van der Waals surface area contributed by atoms with Gasteiger partial charge in [0, 0.05) is 23.4 Å². The van der Waals surface area contributed by atoms with Crippen molar-refractivity contribution in [3.8, 4) is 5.75 Å². The van der Waals surface area contributed by atoms with Gasteiger partial charge in [-0.25, -0.2) is 9.18 Å². The molecule has 2 rings (SSSR count). The van der Waals surface area contributed by atoms with Crippen molar-refractivity contribution < 1.29 is 28.6 Å². The Morgan fingerprint density at radius 3 is 2.44 bits per heavy atom. The minimum absolute atomic E-state index is 0. The standard InChI is InChI=1S/C23H28FN3O5S.ClH/c1-3-23(4-2,22(31)27-11-5-6-19(28)29)13-15-8-10-18(33-15)21(30)32-17-9-7-14(20(25)26)12-16(17)24;/h7-10,12H,3-6,11,13H2,1-2H3,(H3,25,26)(H,27,31)(H,28,29);1H. The van der Waals surface area contributed by atoms with E-state index in [-0.39, 0.29) is 53.3 Å². The molecule has 0 saturated heterocycles. The Balaban J connectivity index is 0.00000578. The van der Waals surface area contributed by atoms with E-state index >= 15 is 0 Å². The first kappa shape index (κ1) is 29.1. The van der Waals surface area contributed by atoms with Crippen molar-refractivity contribution in [2.24, 2.45) is 11.1 Å². The molecule has 1 aromatic heterocycles. The SMILES string of the molecule is CCC(CC)(Cc1ccc(C(=O)Oc2ccc(C(=N)N)cc2F)s1)C(=O)NCCCC(=O)O.Cl. The number of carboxylic acid groups (broad SMARTS) is 1. The lowest BCUT2D eigenvalue weighted by atomic mass is 9.77. The van der Waals surface area contributed by atoms with Gasteiger partial charge >= 0.3 is 11.9 Å². The summed E-state index contributed by atoms with van der Waals surface area (Å²) in [7, 11) is 0. The number of hydrogen-bond donors (Lipinski definition) is 4. The number of nitrogens with two attached hydrogens (primary N) is 1. The maximum absolute atomic E-state index is 14.2. The van der Waals surface area contributed by atoms with Crippen molar-refractivity contribution in [3.63, 3.8) is 0 Å². The number of carbonyl (C=O) groups is 3. The zero-order valence-electron chi connectivity index (χ0n) is 19.0. The van der Waals surface area contributed by atoms with Crippen LogP contribution in [-0.4, -0.2) is 35.3 Å². The van der Waals surface area contributed by atoms with E-state index in [4.69, 9.17) is 21.0 Å². The molecule has 0 bridgehead atoms. The maximum Gasteiger partial charge on any atom is 0.353 e. The number of benzene rings is 1. The lowest BCUT2D eigenvalue weighted by Crippen LogP contribution is -2.42. The van der Waals surface area contributed by atoms with E-state index in [1.165, 1.54) is 23.5 Å². The number of carbonyl (C=O) groups excluding carboxylic acids is 2. The van der Waals surface area contributed by atoms with E-state index in [9.17, 15) is 18.8 Å². The Labute approximate surface area is 207 Å². The molecule has 2 aromatic rings. The van der Waals surface area contributed by atoms with Crippen LogP contribution < -0.4 is 15.8 Å². The van der Waals surface area contributed by atoms with Crippen LogP contribution in [0.15, 0.2) is 30.3 Å². The van der Waals surface area contributed by atoms with Crippen LogP contribution in [0.3, 0.4) is 0 Å². The molecule has 5 N–H and O–H groups in total. The molecule has 0 saturated carbocycles. The van der Waals surface area contributed by atoms with Gasteiger partial charge in [-0.05, 0) is 56.0 Å². The van der Waals surface area contributed by atoms with E-state index in [1.807, 2.05) is 13.8 Å². The van der Waals surface area contributed by atoms with Gasteiger partial charge in [-0.2, -0.15) is 0 Å². The fourth-order valence-electron chi connectivity index (χ4n) is 3.35. The zero-order chi connectivity index (χ0) is 24.6. The summed E-state index contributed by atoms with van der Waals surface area (Å²) in [5.74, 6) is -3.15. The number of thiophene rings is 1. The van der Waals surface area contributed by atoms with E-state index in [0.717, 1.165) is 10.9 Å². The molecule has 0 aliphatic heterocycles. The first-order valence-electron chi connectivity index (χ1n) is 10.6. The summed E-state index contributed by atoms with van der Waals surface area (Å²) < 4.78 is 19.3. The number of nitrogen functional groups attached to an aromatic ring is 1. The summed E-state index contributed by atoms with van der Waals surface area (Å²) >= 11 is 1.17. The molecule has 0 radical (unpaired) electrons. The first-order chi connectivity index (χ1) is 15.6. The molecule has 0 atom stereocenters. The first-order valence-corrected chi connectivity index (χ1v) is 11.4. The minimum atomic E-state index is -0.908. The Morgan fingerprint density at radius 1 is 1.21 bits per heavy atom. The molecular weight excluding hydrogens is 485 g/mol. The molecule has 0 unspecified atom stereocenters. The van der Waals surface area contributed by atoms with E-state index in [0.29, 0.717) is 25.7 Å². The molecule has 1 aromatic carbocycles. The van der Waals surface area contributed by atoms with Gasteiger partial charge in [0.05, 0.1) is 5.41 Å². The monoisotopic (exact) mass is 513 g/mol. The number of carboxylic acids is 1. The van der Waals surface area contributed by atoms with Crippen molar-refractivity contribution in [2.75, 3.05) is 6.54 Å². The molecule has 34 heavy (non-hydrogen) atoms. The summed E-state index contributed by atoms with van der Waals surface area (Å²) in [4.78, 5) is 37.1. The van der Waals surface area contributed by atoms with Gasteiger partial charge in [-0.1, -0.05) is 13.8 Å². The normalized spacial score (nSPS) is 10.8. The molecule has 186 valence electrons. The number of rotatable bonds is 12. The summed E-state index contributed by atoms with van der Waals surface area (Å²) in [6.07, 6.45) is 1.88. The predicted octanol–water partition coefficient (Wildman–Crippen LogP) is 4.14. The molecule has 8 nitrogen and oxygen atoms in total. The number of amides is 1. The summed E-state index contributed by atoms with van der Waals surface area (Å²) in [5.41, 5.74) is 4.82. The van der Waals surface area contributed by atoms with Gasteiger partial charge in [-0.3, -0.25) is 15.0 Å². The highest BCUT2D eigenvalue weighted by molar-refractivity contribution is 7.14. The van der Waals surface area contributed by atoms with Crippen molar-refractivity contribution in [2.45, 2.75) is 46.0 Å². The van der Waals surface area contributed by atoms with Gasteiger partial charge in [0.1, 0.15) is 10.7 Å². The van der Waals surface area contributed by atoms with E-state index in [2.05, 4.69) is 5.32 Å². The fourth-order valence-corrected chi connectivity index (χ4v) is 4.38. The van der Waals surface area contributed by atoms with Crippen molar-refractivity contribution in [1.82, 2.24) is 5.32 Å². The average molecular weight is 514 g/mol. The van der Waals surface area contributed by atoms with Crippen LogP contribution in [0.25, 0.3) is 0 Å². The zero-order valence-corrected chi connectivity index (χ0v) is 20.6. The number of esters is 1. The average Bonchev–Trinajstić information content (AvgIpc) is 3.24. The number of amidine groups is 1. The van der Waals surface area contributed by atoms with Crippen LogP contribution >= 0.6 is 23.7 Å². The number of ether oxygens (including phenoxy) is 1. The second-order valence-corrected chi connectivity index (χ2v) is 8.80. The Kier molecular flexibility index (Phi) is 11.1. The maximum atomic E-state index is 14.2. The van der Waals surface area contributed by atoms with Crippen LogP contribution in [0.1, 0.15) is 59.6 Å². The highest BCUT2D eigenvalue weighted by Gasteiger charge is 2.35. The smallest absolute Gasteiger partial charge is 0.353 e. The molecule has 0 spiro atoms. The van der Waals surface area contributed by atoms with Crippen molar-refractivity contribution in [1.29, 1.82) is 5.41 Å². The van der Waals surface area contributed by atoms with E-state index < -0.39 is 23.2 Å². The van der Waals surface area contributed by atoms with Crippen LogP contribution in [0, 0.1) is 16.6 Å². The summed E-state index contributed by atoms with van der Waals surface area (Å²) in [5, 5.41) is 18.9. The van der Waals surface area contributed by atoms with Gasteiger partial charge in [0.15, 0.2) is 11.6 Å². The molecule has 0 aliphatic carbocycles. The summed E-state index contributed by atoms with van der Waals surface area (Å²) in [6.45, 7) is 4.11. The highest BCUT2D eigenvalue weighted by Crippen LogP contribution is 2.34. The largest absolute Gasteiger partial charge is 0.481 e. The van der Waals surface area contributed by atoms with Gasteiger partial charge in [-0.15, -0.1) is 23.7 Å². The van der Waals surface area contributed by atoms with Crippen LogP contribution in [0.2, 0.25) is 0 Å².